The smallest absolute Gasteiger partial charge is 0.255 e. The highest BCUT2D eigenvalue weighted by molar-refractivity contribution is 6.32. The van der Waals surface area contributed by atoms with E-state index in [1.165, 1.54) is 14.2 Å². The Morgan fingerprint density at radius 2 is 1.68 bits per heavy atom. The van der Waals surface area contributed by atoms with E-state index in [-0.39, 0.29) is 5.91 Å². The molecule has 2 rings (SSSR count). The number of halogens is 1. The third-order valence-corrected chi connectivity index (χ3v) is 3.37. The highest BCUT2D eigenvalue weighted by Crippen LogP contribution is 2.30. The van der Waals surface area contributed by atoms with Crippen LogP contribution in [0.15, 0.2) is 36.4 Å². The van der Waals surface area contributed by atoms with E-state index >= 15 is 0 Å². The van der Waals surface area contributed by atoms with Gasteiger partial charge in [-0.3, -0.25) is 4.79 Å². The molecule has 0 radical (unpaired) electrons. The Labute approximate surface area is 133 Å². The molecule has 5 nitrogen and oxygen atoms in total. The zero-order valence-electron chi connectivity index (χ0n) is 12.5. The first-order valence-electron chi connectivity index (χ1n) is 6.46. The number of hydrogen-bond donors (Lipinski definition) is 1. The second-order valence-corrected chi connectivity index (χ2v) is 4.78. The molecule has 2 aromatic rings. The summed E-state index contributed by atoms with van der Waals surface area (Å²) in [6, 6.07) is 9.96. The molecular formula is C16H16ClNO4. The first-order chi connectivity index (χ1) is 10.6. The average Bonchev–Trinajstić information content (AvgIpc) is 2.55. The van der Waals surface area contributed by atoms with Gasteiger partial charge in [0.05, 0.1) is 32.0 Å². The molecule has 6 heteroatoms. The van der Waals surface area contributed by atoms with Gasteiger partial charge in [0.2, 0.25) is 0 Å². The standard InChI is InChI=1S/C16H16ClNO4/c1-20-11-5-6-13(15(9-11)22-3)18-16(19)10-4-7-14(21-2)12(17)8-10/h4-9H,1-3H3,(H,18,19). The fourth-order valence-electron chi connectivity index (χ4n) is 1.90. The molecule has 0 saturated carbocycles. The van der Waals surface area contributed by atoms with Gasteiger partial charge >= 0.3 is 0 Å². The van der Waals surface area contributed by atoms with Crippen molar-refractivity contribution in [2.75, 3.05) is 26.6 Å². The molecule has 116 valence electrons. The highest BCUT2D eigenvalue weighted by atomic mass is 35.5. The van der Waals surface area contributed by atoms with Gasteiger partial charge in [0.1, 0.15) is 17.2 Å². The van der Waals surface area contributed by atoms with Gasteiger partial charge in [0.15, 0.2) is 0 Å². The summed E-state index contributed by atoms with van der Waals surface area (Å²) in [5, 5.41) is 3.15. The van der Waals surface area contributed by atoms with E-state index in [9.17, 15) is 4.79 Å². The second kappa shape index (κ2) is 7.04. The van der Waals surface area contributed by atoms with E-state index in [4.69, 9.17) is 25.8 Å². The van der Waals surface area contributed by atoms with Crippen molar-refractivity contribution in [3.63, 3.8) is 0 Å². The van der Waals surface area contributed by atoms with Crippen molar-refractivity contribution < 1.29 is 19.0 Å². The van der Waals surface area contributed by atoms with Gasteiger partial charge in [0.25, 0.3) is 5.91 Å². The van der Waals surface area contributed by atoms with Crippen molar-refractivity contribution in [2.24, 2.45) is 0 Å². The maximum Gasteiger partial charge on any atom is 0.255 e. The fraction of sp³-hybridized carbons (Fsp3) is 0.188. The summed E-state index contributed by atoms with van der Waals surface area (Å²) < 4.78 is 15.4. The number of ether oxygens (including phenoxy) is 3. The monoisotopic (exact) mass is 321 g/mol. The first kappa shape index (κ1) is 16.0. The zero-order chi connectivity index (χ0) is 16.1. The third-order valence-electron chi connectivity index (χ3n) is 3.07. The number of carbonyl (C=O) groups is 1. The maximum absolute atomic E-state index is 12.3. The molecule has 0 aliphatic heterocycles. The van der Waals surface area contributed by atoms with Crippen LogP contribution in [0.25, 0.3) is 0 Å². The quantitative estimate of drug-likeness (QED) is 0.914. The summed E-state index contributed by atoms with van der Waals surface area (Å²) in [4.78, 5) is 12.3. The minimum absolute atomic E-state index is 0.298. The minimum Gasteiger partial charge on any atom is -0.497 e. The van der Waals surface area contributed by atoms with Crippen LogP contribution in [0, 0.1) is 0 Å². The summed E-state index contributed by atoms with van der Waals surface area (Å²) in [6.45, 7) is 0. The van der Waals surface area contributed by atoms with Crippen LogP contribution < -0.4 is 19.5 Å². The summed E-state index contributed by atoms with van der Waals surface area (Å²) in [6.07, 6.45) is 0. The van der Waals surface area contributed by atoms with E-state index < -0.39 is 0 Å². The van der Waals surface area contributed by atoms with E-state index in [1.54, 1.807) is 43.5 Å². The average molecular weight is 322 g/mol. The Bertz CT molecular complexity index is 688. The van der Waals surface area contributed by atoms with Crippen LogP contribution in [-0.4, -0.2) is 27.2 Å². The van der Waals surface area contributed by atoms with Crippen molar-refractivity contribution in [3.8, 4) is 17.2 Å². The summed E-state index contributed by atoms with van der Waals surface area (Å²) in [5.74, 6) is 1.36. The van der Waals surface area contributed by atoms with Crippen molar-refractivity contribution in [1.29, 1.82) is 0 Å². The molecule has 0 spiro atoms. The molecule has 0 atom stereocenters. The molecule has 0 aromatic heterocycles. The molecule has 0 aliphatic rings. The van der Waals surface area contributed by atoms with E-state index in [0.717, 1.165) is 0 Å². The van der Waals surface area contributed by atoms with Gasteiger partial charge in [-0.05, 0) is 30.3 Å². The van der Waals surface area contributed by atoms with Gasteiger partial charge in [-0.1, -0.05) is 11.6 Å². The molecule has 2 aromatic carbocycles. The number of benzene rings is 2. The lowest BCUT2D eigenvalue weighted by Crippen LogP contribution is -2.12. The van der Waals surface area contributed by atoms with Crippen LogP contribution in [0.2, 0.25) is 5.02 Å². The lowest BCUT2D eigenvalue weighted by molar-refractivity contribution is 0.102. The Balaban J connectivity index is 2.23. The normalized spacial score (nSPS) is 10.0. The SMILES string of the molecule is COc1ccc(NC(=O)c2ccc(OC)c(Cl)c2)c(OC)c1. The van der Waals surface area contributed by atoms with Crippen LogP contribution in [0.5, 0.6) is 17.2 Å². The van der Waals surface area contributed by atoms with Gasteiger partial charge in [-0.15, -0.1) is 0 Å². The van der Waals surface area contributed by atoms with Crippen molar-refractivity contribution in [1.82, 2.24) is 0 Å². The fourth-order valence-corrected chi connectivity index (χ4v) is 2.16. The van der Waals surface area contributed by atoms with Crippen LogP contribution in [-0.2, 0) is 0 Å². The van der Waals surface area contributed by atoms with Gasteiger partial charge < -0.3 is 19.5 Å². The molecule has 0 unspecified atom stereocenters. The molecule has 0 aliphatic carbocycles. The lowest BCUT2D eigenvalue weighted by atomic mass is 10.2. The predicted octanol–water partition coefficient (Wildman–Crippen LogP) is 3.62. The van der Waals surface area contributed by atoms with Gasteiger partial charge in [0, 0.05) is 11.6 Å². The zero-order valence-corrected chi connectivity index (χ0v) is 13.2. The molecular weight excluding hydrogens is 306 g/mol. The predicted molar refractivity (Wildman–Crippen MR) is 85.5 cm³/mol. The molecule has 0 heterocycles. The molecule has 0 fully saturated rings. The third kappa shape index (κ3) is 3.43. The number of hydrogen-bond acceptors (Lipinski definition) is 4. The van der Waals surface area contributed by atoms with Crippen LogP contribution in [0.4, 0.5) is 5.69 Å². The molecule has 1 N–H and O–H groups in total. The van der Waals surface area contributed by atoms with Gasteiger partial charge in [-0.25, -0.2) is 0 Å². The first-order valence-corrected chi connectivity index (χ1v) is 6.83. The topological polar surface area (TPSA) is 56.8 Å². The molecule has 0 saturated heterocycles. The Hall–Kier alpha value is -2.40. The largest absolute Gasteiger partial charge is 0.497 e. The van der Waals surface area contributed by atoms with Crippen molar-refractivity contribution in [2.45, 2.75) is 0 Å². The number of amides is 1. The number of rotatable bonds is 5. The lowest BCUT2D eigenvalue weighted by Gasteiger charge is -2.12. The van der Waals surface area contributed by atoms with Crippen molar-refractivity contribution >= 4 is 23.2 Å². The van der Waals surface area contributed by atoms with E-state index in [2.05, 4.69) is 5.32 Å². The summed E-state index contributed by atoms with van der Waals surface area (Å²) >= 11 is 6.03. The Morgan fingerprint density at radius 3 is 2.27 bits per heavy atom. The van der Waals surface area contributed by atoms with Crippen molar-refractivity contribution in [3.05, 3.63) is 47.0 Å². The summed E-state index contributed by atoms with van der Waals surface area (Å²) in [7, 11) is 4.60. The Kier molecular flexibility index (Phi) is 5.12. The van der Waals surface area contributed by atoms with E-state index in [1.807, 2.05) is 0 Å². The van der Waals surface area contributed by atoms with Gasteiger partial charge in [-0.2, -0.15) is 0 Å². The second-order valence-electron chi connectivity index (χ2n) is 4.37. The number of nitrogens with one attached hydrogen (secondary N) is 1. The minimum atomic E-state index is -0.298. The molecule has 1 amide bonds. The summed E-state index contributed by atoms with van der Waals surface area (Å²) in [5.41, 5.74) is 0.962. The number of anilines is 1. The van der Waals surface area contributed by atoms with Crippen LogP contribution in [0.1, 0.15) is 10.4 Å². The molecule has 0 bridgehead atoms. The van der Waals surface area contributed by atoms with E-state index in [0.29, 0.717) is 33.5 Å². The van der Waals surface area contributed by atoms with Crippen LogP contribution in [0.3, 0.4) is 0 Å². The number of carbonyl (C=O) groups excluding carboxylic acids is 1. The Morgan fingerprint density at radius 1 is 0.955 bits per heavy atom. The molecule has 22 heavy (non-hydrogen) atoms. The number of methoxy groups -OCH3 is 3. The van der Waals surface area contributed by atoms with Crippen LogP contribution >= 0.6 is 11.6 Å². The highest BCUT2D eigenvalue weighted by Gasteiger charge is 2.12. The maximum atomic E-state index is 12.3.